The Morgan fingerprint density at radius 1 is 1.00 bits per heavy atom. The van der Waals surface area contributed by atoms with Crippen molar-refractivity contribution in [3.63, 3.8) is 0 Å². The van der Waals surface area contributed by atoms with Crippen LogP contribution in [0, 0.1) is 0 Å². The van der Waals surface area contributed by atoms with Gasteiger partial charge in [-0.1, -0.05) is 35.5 Å². The van der Waals surface area contributed by atoms with E-state index in [0.717, 1.165) is 0 Å². The summed E-state index contributed by atoms with van der Waals surface area (Å²) in [5, 5.41) is -0.421. The summed E-state index contributed by atoms with van der Waals surface area (Å²) >= 11 is 0. The molecule has 0 radical (unpaired) electrons. The van der Waals surface area contributed by atoms with E-state index in [0.29, 0.717) is 0 Å². The molecule has 0 saturated carbocycles. The molecule has 0 heterocycles. The molecule has 1 aromatic carbocycles. The van der Waals surface area contributed by atoms with Crippen molar-refractivity contribution in [1.29, 1.82) is 0 Å². The van der Waals surface area contributed by atoms with E-state index < -0.39 is 16.7 Å². The lowest BCUT2D eigenvalue weighted by atomic mass is 10.1. The smallest absolute Gasteiger partial charge is 0.181 e. The largest absolute Gasteiger partial charge is 0.357 e. The second-order valence-electron chi connectivity index (χ2n) is 4.36. The fraction of sp³-hybridized carbons (Fsp3) is 0.455. The molecule has 0 N–H and O–H groups in total. The fourth-order valence-corrected chi connectivity index (χ4v) is 1.17. The van der Waals surface area contributed by atoms with Crippen LogP contribution in [0.2, 0.25) is 0 Å². The van der Waals surface area contributed by atoms with Crippen molar-refractivity contribution < 1.29 is 13.3 Å². The van der Waals surface area contributed by atoms with Crippen LogP contribution < -0.4 is 0 Å². The number of halogens is 3. The molecule has 15 heavy (non-hydrogen) atoms. The standard InChI is InChI=1S/C11H14F3N/c1-10(2,3)15(14)11(12,13)9-7-5-4-6-8-9/h4-8H,1-3H3. The van der Waals surface area contributed by atoms with Crippen LogP contribution in [0.15, 0.2) is 30.3 Å². The zero-order chi connectivity index (χ0) is 11.7. The van der Waals surface area contributed by atoms with E-state index in [9.17, 15) is 13.3 Å². The van der Waals surface area contributed by atoms with Crippen molar-refractivity contribution in [1.82, 2.24) is 5.12 Å². The monoisotopic (exact) mass is 217 g/mol. The summed E-state index contributed by atoms with van der Waals surface area (Å²) in [5.74, 6) is 0. The fourth-order valence-electron chi connectivity index (χ4n) is 1.17. The van der Waals surface area contributed by atoms with Crippen LogP contribution in [0.5, 0.6) is 0 Å². The molecule has 0 spiro atoms. The van der Waals surface area contributed by atoms with Gasteiger partial charge in [-0.05, 0) is 20.8 Å². The molecule has 0 unspecified atom stereocenters. The van der Waals surface area contributed by atoms with Gasteiger partial charge in [0.25, 0.3) is 0 Å². The van der Waals surface area contributed by atoms with Crippen molar-refractivity contribution in [2.45, 2.75) is 32.4 Å². The van der Waals surface area contributed by atoms with Gasteiger partial charge in [0.15, 0.2) is 0 Å². The van der Waals surface area contributed by atoms with Crippen LogP contribution in [0.25, 0.3) is 0 Å². The molecule has 0 aliphatic carbocycles. The zero-order valence-electron chi connectivity index (χ0n) is 8.97. The Morgan fingerprint density at radius 2 is 1.47 bits per heavy atom. The molecule has 1 rings (SSSR count). The molecule has 1 nitrogen and oxygen atoms in total. The van der Waals surface area contributed by atoms with Gasteiger partial charge >= 0.3 is 6.05 Å². The molecule has 1 aromatic rings. The summed E-state index contributed by atoms with van der Waals surface area (Å²) in [6, 6.07) is 3.34. The van der Waals surface area contributed by atoms with Gasteiger partial charge in [-0.2, -0.15) is 8.78 Å². The number of hydrogen-bond acceptors (Lipinski definition) is 1. The molecule has 0 fully saturated rings. The molecular weight excluding hydrogens is 203 g/mol. The second-order valence-corrected chi connectivity index (χ2v) is 4.36. The van der Waals surface area contributed by atoms with Crippen molar-refractivity contribution in [3.05, 3.63) is 35.9 Å². The molecule has 4 heteroatoms. The minimum absolute atomic E-state index is 0.345. The molecule has 0 bridgehead atoms. The summed E-state index contributed by atoms with van der Waals surface area (Å²) in [6.45, 7) is 4.18. The van der Waals surface area contributed by atoms with E-state index in [4.69, 9.17) is 0 Å². The van der Waals surface area contributed by atoms with Gasteiger partial charge in [0.2, 0.25) is 0 Å². The highest BCUT2D eigenvalue weighted by atomic mass is 19.3. The highest BCUT2D eigenvalue weighted by Crippen LogP contribution is 2.37. The summed E-state index contributed by atoms with van der Waals surface area (Å²) in [4.78, 5) is 0. The first-order valence-corrected chi connectivity index (χ1v) is 4.65. The molecule has 0 atom stereocenters. The predicted molar refractivity (Wildman–Crippen MR) is 53.0 cm³/mol. The minimum Gasteiger partial charge on any atom is -0.181 e. The maximum Gasteiger partial charge on any atom is 0.357 e. The number of hydrogen-bond donors (Lipinski definition) is 0. The van der Waals surface area contributed by atoms with E-state index >= 15 is 0 Å². The lowest BCUT2D eigenvalue weighted by Crippen LogP contribution is -2.45. The van der Waals surface area contributed by atoms with Crippen LogP contribution in [0.3, 0.4) is 0 Å². The third-order valence-corrected chi connectivity index (χ3v) is 1.96. The third kappa shape index (κ3) is 2.50. The third-order valence-electron chi connectivity index (χ3n) is 1.96. The van der Waals surface area contributed by atoms with Crippen LogP contribution >= 0.6 is 0 Å². The quantitative estimate of drug-likeness (QED) is 0.539. The normalized spacial score (nSPS) is 13.3. The van der Waals surface area contributed by atoms with E-state index in [-0.39, 0.29) is 5.56 Å². The van der Waals surface area contributed by atoms with Crippen LogP contribution in [-0.2, 0) is 6.05 Å². The predicted octanol–water partition coefficient (Wildman–Crippen LogP) is 3.72. The highest BCUT2D eigenvalue weighted by Gasteiger charge is 2.45. The Hall–Kier alpha value is -1.03. The Kier molecular flexibility index (Phi) is 3.09. The van der Waals surface area contributed by atoms with Gasteiger partial charge in [0.05, 0.1) is 0 Å². The van der Waals surface area contributed by atoms with Gasteiger partial charge in [-0.25, -0.2) is 0 Å². The number of alkyl halides is 2. The molecule has 0 aromatic heterocycles. The minimum atomic E-state index is -3.60. The van der Waals surface area contributed by atoms with Crippen molar-refractivity contribution in [2.75, 3.05) is 0 Å². The first kappa shape index (κ1) is 12.0. The van der Waals surface area contributed by atoms with Crippen molar-refractivity contribution in [3.8, 4) is 0 Å². The number of nitrogens with zero attached hydrogens (tertiary/aromatic N) is 1. The Balaban J connectivity index is 3.03. The molecular formula is C11H14F3N. The second kappa shape index (κ2) is 3.85. The summed E-state index contributed by atoms with van der Waals surface area (Å²) in [5.41, 5.74) is -1.58. The highest BCUT2D eigenvalue weighted by molar-refractivity contribution is 5.19. The van der Waals surface area contributed by atoms with E-state index in [1.165, 1.54) is 45.0 Å². The number of rotatable bonds is 2. The van der Waals surface area contributed by atoms with Gasteiger partial charge in [0.1, 0.15) is 0 Å². The number of benzene rings is 1. The average molecular weight is 217 g/mol. The molecule has 0 aliphatic rings. The molecule has 0 amide bonds. The van der Waals surface area contributed by atoms with Gasteiger partial charge in [-0.3, -0.25) is 0 Å². The summed E-state index contributed by atoms with van der Waals surface area (Å²) in [6.07, 6.45) is 0. The Labute approximate surface area is 87.4 Å². The first-order valence-electron chi connectivity index (χ1n) is 4.65. The maximum atomic E-state index is 13.6. The van der Waals surface area contributed by atoms with Gasteiger partial charge in [-0.15, -0.1) is 4.48 Å². The van der Waals surface area contributed by atoms with Crippen LogP contribution in [-0.4, -0.2) is 10.7 Å². The molecule has 0 saturated heterocycles. The van der Waals surface area contributed by atoms with Gasteiger partial charge < -0.3 is 0 Å². The van der Waals surface area contributed by atoms with E-state index in [1.807, 2.05) is 0 Å². The van der Waals surface area contributed by atoms with E-state index in [1.54, 1.807) is 6.07 Å². The SMILES string of the molecule is CC(C)(C)N(F)C(F)(F)c1ccccc1. The molecule has 0 aliphatic heterocycles. The topological polar surface area (TPSA) is 3.24 Å². The van der Waals surface area contributed by atoms with Crippen molar-refractivity contribution >= 4 is 0 Å². The molecule has 84 valence electrons. The lowest BCUT2D eigenvalue weighted by molar-refractivity contribution is -0.282. The van der Waals surface area contributed by atoms with Crippen molar-refractivity contribution in [2.24, 2.45) is 0 Å². The Morgan fingerprint density at radius 3 is 1.87 bits per heavy atom. The van der Waals surface area contributed by atoms with E-state index in [2.05, 4.69) is 0 Å². The average Bonchev–Trinajstić information content (AvgIpc) is 2.16. The lowest BCUT2D eigenvalue weighted by Gasteiger charge is -2.33. The first-order chi connectivity index (χ1) is 6.76. The Bertz CT molecular complexity index is 316. The van der Waals surface area contributed by atoms with Crippen LogP contribution in [0.1, 0.15) is 26.3 Å². The van der Waals surface area contributed by atoms with Crippen LogP contribution in [0.4, 0.5) is 13.3 Å². The zero-order valence-corrected chi connectivity index (χ0v) is 8.97. The van der Waals surface area contributed by atoms with Gasteiger partial charge in [0, 0.05) is 11.1 Å². The summed E-state index contributed by atoms with van der Waals surface area (Å²) < 4.78 is 40.6. The summed E-state index contributed by atoms with van der Waals surface area (Å²) in [7, 11) is 0. The maximum absolute atomic E-state index is 13.6.